The molecule has 0 N–H and O–H groups in total. The van der Waals surface area contributed by atoms with Crippen molar-refractivity contribution in [3.63, 3.8) is 0 Å². The minimum atomic E-state index is -4.74. The van der Waals surface area contributed by atoms with E-state index in [1.165, 1.54) is 17.1 Å². The summed E-state index contributed by atoms with van der Waals surface area (Å²) in [6, 6.07) is 17.1. The first kappa shape index (κ1) is 25.7. The van der Waals surface area contributed by atoms with Gasteiger partial charge in [-0.3, -0.25) is 14.8 Å². The normalized spacial score (nSPS) is 18.2. The third-order valence-corrected chi connectivity index (χ3v) is 7.30. The number of aryl methyl sites for hydroxylation is 1. The number of aromatic nitrogens is 2. The molecule has 0 bridgehead atoms. The van der Waals surface area contributed by atoms with Gasteiger partial charge in [0, 0.05) is 36.7 Å². The summed E-state index contributed by atoms with van der Waals surface area (Å²) in [5.41, 5.74) is 6.79. The van der Waals surface area contributed by atoms with Gasteiger partial charge in [0.1, 0.15) is 12.0 Å². The van der Waals surface area contributed by atoms with Gasteiger partial charge in [-0.05, 0) is 59.4 Å². The SMILES string of the molecule is O=CCCC(=O)N1N=C2c3ccc(-c4ccc(OC(F)(F)F)cc4)cc3CCC2C1c1ccc2nccnc2c1. The molecule has 10 heteroatoms. The summed E-state index contributed by atoms with van der Waals surface area (Å²) in [7, 11) is 0. The zero-order chi connectivity index (χ0) is 27.9. The fourth-order valence-electron chi connectivity index (χ4n) is 5.56. The van der Waals surface area contributed by atoms with E-state index in [0.29, 0.717) is 0 Å². The lowest BCUT2D eigenvalue weighted by Gasteiger charge is -2.30. The molecule has 40 heavy (non-hydrogen) atoms. The van der Waals surface area contributed by atoms with Crippen LogP contribution in [0.3, 0.4) is 0 Å². The molecule has 3 aromatic carbocycles. The number of benzene rings is 3. The topological polar surface area (TPSA) is 84.8 Å². The number of halogens is 3. The number of hydrogen-bond donors (Lipinski definition) is 0. The van der Waals surface area contributed by atoms with Gasteiger partial charge in [-0.25, -0.2) is 5.01 Å². The predicted octanol–water partition coefficient (Wildman–Crippen LogP) is 6.02. The van der Waals surface area contributed by atoms with Gasteiger partial charge in [-0.1, -0.05) is 36.4 Å². The maximum atomic E-state index is 13.2. The highest BCUT2D eigenvalue weighted by Gasteiger charge is 2.43. The van der Waals surface area contributed by atoms with E-state index in [1.54, 1.807) is 24.5 Å². The molecule has 6 rings (SSSR count). The number of fused-ring (bicyclic) bond motifs is 4. The van der Waals surface area contributed by atoms with Gasteiger partial charge in [0.15, 0.2) is 0 Å². The summed E-state index contributed by atoms with van der Waals surface area (Å²) < 4.78 is 41.6. The molecule has 0 saturated carbocycles. The number of ether oxygens (including phenoxy) is 1. The van der Waals surface area contributed by atoms with Crippen LogP contribution in [0.2, 0.25) is 0 Å². The molecule has 0 spiro atoms. The predicted molar refractivity (Wildman–Crippen MR) is 141 cm³/mol. The third-order valence-electron chi connectivity index (χ3n) is 7.30. The van der Waals surface area contributed by atoms with E-state index < -0.39 is 6.36 Å². The highest BCUT2D eigenvalue weighted by Crippen LogP contribution is 2.44. The van der Waals surface area contributed by atoms with Crippen molar-refractivity contribution in [2.75, 3.05) is 0 Å². The van der Waals surface area contributed by atoms with Crippen LogP contribution in [-0.2, 0) is 16.0 Å². The molecule has 2 aliphatic rings. The number of nitrogens with zero attached hydrogens (tertiary/aromatic N) is 4. The molecule has 0 fully saturated rings. The van der Waals surface area contributed by atoms with Gasteiger partial charge >= 0.3 is 6.36 Å². The average molecular weight is 545 g/mol. The summed E-state index contributed by atoms with van der Waals surface area (Å²) in [5, 5.41) is 6.33. The largest absolute Gasteiger partial charge is 0.573 e. The number of hydrazone groups is 1. The molecule has 2 unspecified atom stereocenters. The van der Waals surface area contributed by atoms with Gasteiger partial charge in [-0.15, -0.1) is 13.2 Å². The van der Waals surface area contributed by atoms with E-state index in [1.807, 2.05) is 36.4 Å². The number of amides is 1. The maximum absolute atomic E-state index is 13.2. The summed E-state index contributed by atoms with van der Waals surface area (Å²) in [6.45, 7) is 0. The second kappa shape index (κ2) is 10.2. The fourth-order valence-corrected chi connectivity index (χ4v) is 5.56. The molecule has 1 aromatic heterocycles. The molecule has 7 nitrogen and oxygen atoms in total. The van der Waals surface area contributed by atoms with Crippen LogP contribution in [0, 0.1) is 5.92 Å². The van der Waals surface area contributed by atoms with Crippen molar-refractivity contribution in [1.29, 1.82) is 0 Å². The highest BCUT2D eigenvalue weighted by molar-refractivity contribution is 6.07. The number of carbonyl (C=O) groups is 2. The van der Waals surface area contributed by atoms with E-state index in [9.17, 15) is 22.8 Å². The van der Waals surface area contributed by atoms with Crippen molar-refractivity contribution < 1.29 is 27.5 Å². The Morgan fingerprint density at radius 3 is 2.48 bits per heavy atom. The standard InChI is InChI=1S/C30H23F3N4O3/c31-30(32,33)40-22-8-3-18(4-9-22)19-5-10-23-20(16-19)6-11-24-28(23)36-37(27(39)2-1-15-38)29(24)21-7-12-25-26(17-21)35-14-13-34-25/h3-5,7-10,12-17,24,29H,1-2,6,11H2. The minimum absolute atomic E-state index is 0.0496. The minimum Gasteiger partial charge on any atom is -0.406 e. The van der Waals surface area contributed by atoms with E-state index in [2.05, 4.69) is 14.7 Å². The van der Waals surface area contributed by atoms with Gasteiger partial charge < -0.3 is 9.53 Å². The van der Waals surface area contributed by atoms with E-state index in [0.717, 1.165) is 63.7 Å². The van der Waals surface area contributed by atoms with Crippen LogP contribution in [0.1, 0.15) is 42.0 Å². The lowest BCUT2D eigenvalue weighted by atomic mass is 9.76. The lowest BCUT2D eigenvalue weighted by molar-refractivity contribution is -0.274. The van der Waals surface area contributed by atoms with Crippen LogP contribution in [0.4, 0.5) is 13.2 Å². The molecule has 0 saturated heterocycles. The average Bonchev–Trinajstić information content (AvgIpc) is 3.35. The van der Waals surface area contributed by atoms with Crippen molar-refractivity contribution in [3.8, 4) is 16.9 Å². The monoisotopic (exact) mass is 544 g/mol. The number of alkyl halides is 3. The summed E-state index contributed by atoms with van der Waals surface area (Å²) in [5.74, 6) is -0.550. The summed E-state index contributed by atoms with van der Waals surface area (Å²) in [6.07, 6.45) is 0.910. The first-order chi connectivity index (χ1) is 19.3. The van der Waals surface area contributed by atoms with Crippen LogP contribution >= 0.6 is 0 Å². The summed E-state index contributed by atoms with van der Waals surface area (Å²) in [4.78, 5) is 33.0. The second-order valence-corrected chi connectivity index (χ2v) is 9.77. The van der Waals surface area contributed by atoms with E-state index in [4.69, 9.17) is 5.10 Å². The van der Waals surface area contributed by atoms with Gasteiger partial charge in [-0.2, -0.15) is 5.10 Å². The van der Waals surface area contributed by atoms with E-state index in [-0.39, 0.29) is 36.5 Å². The highest BCUT2D eigenvalue weighted by atomic mass is 19.4. The molecule has 1 aliphatic carbocycles. The molecule has 0 radical (unpaired) electrons. The van der Waals surface area contributed by atoms with Crippen LogP contribution in [0.25, 0.3) is 22.2 Å². The number of rotatable bonds is 6. The number of carbonyl (C=O) groups excluding carboxylic acids is 2. The molecule has 1 amide bonds. The first-order valence-electron chi connectivity index (χ1n) is 12.8. The molecular formula is C30H23F3N4O3. The Hall–Kier alpha value is -4.60. The Kier molecular flexibility index (Phi) is 6.53. The first-order valence-corrected chi connectivity index (χ1v) is 12.8. The second-order valence-electron chi connectivity index (χ2n) is 9.77. The Bertz CT molecular complexity index is 1640. The quantitative estimate of drug-likeness (QED) is 0.277. The molecular weight excluding hydrogens is 521 g/mol. The van der Waals surface area contributed by atoms with Crippen LogP contribution in [0.15, 0.2) is 78.2 Å². The van der Waals surface area contributed by atoms with Crippen molar-refractivity contribution in [1.82, 2.24) is 15.0 Å². The van der Waals surface area contributed by atoms with E-state index >= 15 is 0 Å². The van der Waals surface area contributed by atoms with Gasteiger partial charge in [0.05, 0.1) is 22.8 Å². The molecule has 4 aromatic rings. The third kappa shape index (κ3) is 4.92. The molecule has 2 heterocycles. The fraction of sp³-hybridized carbons (Fsp3) is 0.233. The van der Waals surface area contributed by atoms with Crippen LogP contribution < -0.4 is 4.74 Å². The number of hydrogen-bond acceptors (Lipinski definition) is 6. The van der Waals surface area contributed by atoms with Crippen LogP contribution in [0.5, 0.6) is 5.75 Å². The zero-order valence-electron chi connectivity index (χ0n) is 21.1. The number of aldehydes is 1. The summed E-state index contributed by atoms with van der Waals surface area (Å²) >= 11 is 0. The Morgan fingerprint density at radius 1 is 0.975 bits per heavy atom. The van der Waals surface area contributed by atoms with Gasteiger partial charge in [0.2, 0.25) is 5.91 Å². The molecule has 2 atom stereocenters. The molecule has 1 aliphatic heterocycles. The van der Waals surface area contributed by atoms with Crippen LogP contribution in [-0.4, -0.2) is 39.2 Å². The Labute approximate surface area is 227 Å². The van der Waals surface area contributed by atoms with Crippen molar-refractivity contribution >= 4 is 28.9 Å². The zero-order valence-corrected chi connectivity index (χ0v) is 21.1. The van der Waals surface area contributed by atoms with Gasteiger partial charge in [0.25, 0.3) is 0 Å². The Morgan fingerprint density at radius 2 is 1.73 bits per heavy atom. The smallest absolute Gasteiger partial charge is 0.406 e. The lowest BCUT2D eigenvalue weighted by Crippen LogP contribution is -2.32. The van der Waals surface area contributed by atoms with Crippen molar-refractivity contribution in [2.24, 2.45) is 11.0 Å². The Balaban J connectivity index is 1.34. The van der Waals surface area contributed by atoms with Crippen molar-refractivity contribution in [2.45, 2.75) is 38.1 Å². The maximum Gasteiger partial charge on any atom is 0.573 e. The molecule has 202 valence electrons. The van der Waals surface area contributed by atoms with Crippen molar-refractivity contribution in [3.05, 3.63) is 89.7 Å².